The topological polar surface area (TPSA) is 41.6 Å². The van der Waals surface area contributed by atoms with Crippen LogP contribution in [0.25, 0.3) is 11.1 Å². The summed E-state index contributed by atoms with van der Waals surface area (Å²) in [7, 11) is 0. The van der Waals surface area contributed by atoms with E-state index in [-0.39, 0.29) is 5.82 Å². The van der Waals surface area contributed by atoms with E-state index >= 15 is 0 Å². The van der Waals surface area contributed by atoms with E-state index in [1.54, 1.807) is 24.5 Å². The monoisotopic (exact) mass is 267 g/mol. The van der Waals surface area contributed by atoms with Gasteiger partial charge in [0.25, 0.3) is 0 Å². The summed E-state index contributed by atoms with van der Waals surface area (Å²) >= 11 is 0. The number of aromatic nitrogens is 3. The predicted molar refractivity (Wildman–Crippen MR) is 75.6 cm³/mol. The van der Waals surface area contributed by atoms with Crippen molar-refractivity contribution in [3.05, 3.63) is 72.1 Å². The maximum absolute atomic E-state index is 13.1. The summed E-state index contributed by atoms with van der Waals surface area (Å²) < 4.78 is 13.1. The van der Waals surface area contributed by atoms with E-state index in [9.17, 15) is 4.39 Å². The fourth-order valence-corrected chi connectivity index (χ4v) is 2.25. The number of pyridine rings is 1. The minimum absolute atomic E-state index is 0.195. The molecule has 0 bridgehead atoms. The predicted octanol–water partition coefficient (Wildman–Crippen LogP) is 3.40. The number of halogens is 1. The van der Waals surface area contributed by atoms with Crippen molar-refractivity contribution in [2.75, 3.05) is 0 Å². The van der Waals surface area contributed by atoms with Crippen molar-refractivity contribution in [3.8, 4) is 11.1 Å². The summed E-state index contributed by atoms with van der Waals surface area (Å²) in [5, 5.41) is 7.19. The van der Waals surface area contributed by atoms with Gasteiger partial charge in [-0.2, -0.15) is 5.10 Å². The van der Waals surface area contributed by atoms with Gasteiger partial charge in [-0.15, -0.1) is 0 Å². The van der Waals surface area contributed by atoms with Gasteiger partial charge in [-0.05, 0) is 48.2 Å². The molecule has 0 aliphatic heterocycles. The lowest BCUT2D eigenvalue weighted by Crippen LogP contribution is -1.94. The fraction of sp³-hybridized carbons (Fsp3) is 0.125. The fourth-order valence-electron chi connectivity index (χ4n) is 2.25. The second kappa shape index (κ2) is 5.65. The van der Waals surface area contributed by atoms with E-state index in [0.29, 0.717) is 0 Å². The maximum Gasteiger partial charge on any atom is 0.123 e. The van der Waals surface area contributed by atoms with Crippen LogP contribution in [0.1, 0.15) is 11.3 Å². The van der Waals surface area contributed by atoms with Crippen molar-refractivity contribution in [3.63, 3.8) is 0 Å². The van der Waals surface area contributed by atoms with Crippen LogP contribution >= 0.6 is 0 Å². The zero-order valence-corrected chi connectivity index (χ0v) is 10.9. The lowest BCUT2D eigenvalue weighted by molar-refractivity contribution is 0.625. The molecule has 2 aromatic heterocycles. The number of hydrogen-bond acceptors (Lipinski definition) is 2. The zero-order valence-electron chi connectivity index (χ0n) is 10.9. The second-order valence-electron chi connectivity index (χ2n) is 4.61. The lowest BCUT2D eigenvalue weighted by atomic mass is 10.0. The van der Waals surface area contributed by atoms with Gasteiger partial charge in [-0.3, -0.25) is 10.1 Å². The summed E-state index contributed by atoms with van der Waals surface area (Å²) in [5.74, 6) is -0.195. The number of benzene rings is 1. The number of rotatable bonds is 4. The Labute approximate surface area is 116 Å². The van der Waals surface area contributed by atoms with Gasteiger partial charge in [0.15, 0.2) is 0 Å². The number of aromatic amines is 1. The van der Waals surface area contributed by atoms with Crippen LogP contribution in [0.15, 0.2) is 55.0 Å². The van der Waals surface area contributed by atoms with E-state index < -0.39 is 0 Å². The average molecular weight is 267 g/mol. The van der Waals surface area contributed by atoms with Crippen LogP contribution in [-0.4, -0.2) is 15.2 Å². The first-order valence-electron chi connectivity index (χ1n) is 6.50. The Balaban J connectivity index is 1.78. The molecule has 3 rings (SSSR count). The maximum atomic E-state index is 13.1. The van der Waals surface area contributed by atoms with Gasteiger partial charge in [0.05, 0.1) is 5.69 Å². The number of H-pyrrole nitrogens is 1. The molecule has 0 unspecified atom stereocenters. The quantitative estimate of drug-likeness (QED) is 0.787. The Bertz CT molecular complexity index is 692. The second-order valence-corrected chi connectivity index (χ2v) is 4.61. The zero-order chi connectivity index (χ0) is 13.8. The van der Waals surface area contributed by atoms with Gasteiger partial charge in [-0.25, -0.2) is 4.39 Å². The summed E-state index contributed by atoms with van der Waals surface area (Å²) in [4.78, 5) is 4.02. The summed E-state index contributed by atoms with van der Waals surface area (Å²) in [6.07, 6.45) is 6.94. The molecule has 0 radical (unpaired) electrons. The van der Waals surface area contributed by atoms with Crippen LogP contribution in [0.2, 0.25) is 0 Å². The molecule has 2 heterocycles. The number of aryl methyl sites for hydroxylation is 2. The van der Waals surface area contributed by atoms with Crippen molar-refractivity contribution in [2.45, 2.75) is 12.8 Å². The molecule has 0 amide bonds. The van der Waals surface area contributed by atoms with Crippen molar-refractivity contribution < 1.29 is 4.39 Å². The molecule has 3 nitrogen and oxygen atoms in total. The third kappa shape index (κ3) is 2.74. The SMILES string of the molecule is Fc1cccc(CCc2n[nH]cc2-c2ccncc2)c1. The molecule has 1 N–H and O–H groups in total. The largest absolute Gasteiger partial charge is 0.285 e. The first-order chi connectivity index (χ1) is 9.83. The smallest absolute Gasteiger partial charge is 0.123 e. The molecule has 0 saturated carbocycles. The minimum atomic E-state index is -0.195. The van der Waals surface area contributed by atoms with Gasteiger partial charge < -0.3 is 0 Å². The first kappa shape index (κ1) is 12.5. The Morgan fingerprint density at radius 2 is 1.90 bits per heavy atom. The molecule has 20 heavy (non-hydrogen) atoms. The van der Waals surface area contributed by atoms with Gasteiger partial charge in [-0.1, -0.05) is 12.1 Å². The number of hydrogen-bond donors (Lipinski definition) is 1. The van der Waals surface area contributed by atoms with E-state index in [2.05, 4.69) is 15.2 Å². The van der Waals surface area contributed by atoms with Crippen molar-refractivity contribution in [1.29, 1.82) is 0 Å². The Hall–Kier alpha value is -2.49. The third-order valence-corrected chi connectivity index (χ3v) is 3.25. The van der Waals surface area contributed by atoms with Crippen molar-refractivity contribution in [2.24, 2.45) is 0 Å². The minimum Gasteiger partial charge on any atom is -0.285 e. The molecule has 0 aliphatic rings. The third-order valence-electron chi connectivity index (χ3n) is 3.25. The molecule has 0 atom stereocenters. The lowest BCUT2D eigenvalue weighted by Gasteiger charge is -2.03. The Morgan fingerprint density at radius 1 is 1.05 bits per heavy atom. The standard InChI is InChI=1S/C16H14FN3/c17-14-3-1-2-12(10-14)4-5-16-15(11-19-20-16)13-6-8-18-9-7-13/h1-3,6-11H,4-5H2,(H,19,20). The van der Waals surface area contributed by atoms with E-state index in [4.69, 9.17) is 0 Å². The molecular weight excluding hydrogens is 253 g/mol. The van der Waals surface area contributed by atoms with Crippen LogP contribution in [0.4, 0.5) is 4.39 Å². The molecular formula is C16H14FN3. The molecule has 0 spiro atoms. The highest BCUT2D eigenvalue weighted by Crippen LogP contribution is 2.22. The van der Waals surface area contributed by atoms with E-state index in [1.165, 1.54) is 6.07 Å². The van der Waals surface area contributed by atoms with E-state index in [1.807, 2.05) is 24.4 Å². The molecule has 4 heteroatoms. The van der Waals surface area contributed by atoms with Crippen molar-refractivity contribution in [1.82, 2.24) is 15.2 Å². The summed E-state index contributed by atoms with van der Waals surface area (Å²) in [6, 6.07) is 10.6. The van der Waals surface area contributed by atoms with Crippen LogP contribution in [-0.2, 0) is 12.8 Å². The number of nitrogens with one attached hydrogen (secondary N) is 1. The van der Waals surface area contributed by atoms with Crippen molar-refractivity contribution >= 4 is 0 Å². The van der Waals surface area contributed by atoms with Crippen LogP contribution in [0.3, 0.4) is 0 Å². The molecule has 0 saturated heterocycles. The molecule has 100 valence electrons. The highest BCUT2D eigenvalue weighted by atomic mass is 19.1. The Kier molecular flexibility index (Phi) is 3.54. The highest BCUT2D eigenvalue weighted by molar-refractivity contribution is 5.64. The average Bonchev–Trinajstić information content (AvgIpc) is 2.95. The Morgan fingerprint density at radius 3 is 2.70 bits per heavy atom. The summed E-state index contributed by atoms with van der Waals surface area (Å²) in [5.41, 5.74) is 4.13. The molecule has 1 aromatic carbocycles. The normalized spacial score (nSPS) is 10.7. The molecule has 3 aromatic rings. The van der Waals surface area contributed by atoms with Gasteiger partial charge in [0, 0.05) is 24.2 Å². The van der Waals surface area contributed by atoms with Crippen LogP contribution < -0.4 is 0 Å². The molecule has 0 fully saturated rings. The van der Waals surface area contributed by atoms with Gasteiger partial charge in [0.1, 0.15) is 5.82 Å². The van der Waals surface area contributed by atoms with Crippen LogP contribution in [0.5, 0.6) is 0 Å². The first-order valence-corrected chi connectivity index (χ1v) is 6.50. The van der Waals surface area contributed by atoms with Crippen LogP contribution in [0, 0.1) is 5.82 Å². The van der Waals surface area contributed by atoms with E-state index in [0.717, 1.165) is 35.2 Å². The summed E-state index contributed by atoms with van der Waals surface area (Å²) in [6.45, 7) is 0. The molecule has 0 aliphatic carbocycles. The highest BCUT2D eigenvalue weighted by Gasteiger charge is 2.08. The number of nitrogens with zero attached hydrogens (tertiary/aromatic N) is 2. The van der Waals surface area contributed by atoms with Gasteiger partial charge >= 0.3 is 0 Å². The van der Waals surface area contributed by atoms with Gasteiger partial charge in [0.2, 0.25) is 0 Å².